The monoisotopic (exact) mass is 174 g/mol. The van der Waals surface area contributed by atoms with Crippen LogP contribution in [-0.4, -0.2) is 11.0 Å². The average Bonchev–Trinajstić information content (AvgIpc) is 2.39. The summed E-state index contributed by atoms with van der Waals surface area (Å²) in [7, 11) is 0. The zero-order chi connectivity index (χ0) is 9.42. The molecule has 0 unspecified atom stereocenters. The van der Waals surface area contributed by atoms with Gasteiger partial charge in [-0.3, -0.25) is 0 Å². The van der Waals surface area contributed by atoms with Crippen molar-refractivity contribution in [2.75, 3.05) is 4.90 Å². The third kappa shape index (κ3) is 1.22. The van der Waals surface area contributed by atoms with Crippen molar-refractivity contribution in [3.05, 3.63) is 36.2 Å². The van der Waals surface area contributed by atoms with E-state index in [1.165, 1.54) is 5.56 Å². The summed E-state index contributed by atoms with van der Waals surface area (Å²) in [5.74, 6) is 1.09. The summed E-state index contributed by atoms with van der Waals surface area (Å²) in [6.45, 7) is 8.38. The van der Waals surface area contributed by atoms with Gasteiger partial charge in [0.1, 0.15) is 5.82 Å². The van der Waals surface area contributed by atoms with Gasteiger partial charge in [-0.05, 0) is 19.9 Å². The van der Waals surface area contributed by atoms with Crippen LogP contribution < -0.4 is 4.90 Å². The fourth-order valence-electron chi connectivity index (χ4n) is 1.85. The maximum absolute atomic E-state index is 4.38. The van der Waals surface area contributed by atoms with E-state index in [1.54, 1.807) is 0 Å². The van der Waals surface area contributed by atoms with Crippen molar-refractivity contribution in [2.45, 2.75) is 26.3 Å². The second-order valence-electron chi connectivity index (χ2n) is 3.69. The molecule has 2 nitrogen and oxygen atoms in total. The first-order chi connectivity index (χ1) is 6.20. The topological polar surface area (TPSA) is 16.1 Å². The van der Waals surface area contributed by atoms with Gasteiger partial charge < -0.3 is 4.90 Å². The van der Waals surface area contributed by atoms with Crippen molar-refractivity contribution < 1.29 is 0 Å². The Kier molecular flexibility index (Phi) is 1.83. The van der Waals surface area contributed by atoms with Crippen LogP contribution in [0, 0.1) is 0 Å². The number of fused-ring (bicyclic) bond motifs is 1. The van der Waals surface area contributed by atoms with Gasteiger partial charge in [0.05, 0.1) is 0 Å². The third-order valence-electron chi connectivity index (χ3n) is 2.35. The molecule has 13 heavy (non-hydrogen) atoms. The molecule has 0 aliphatic carbocycles. The summed E-state index contributed by atoms with van der Waals surface area (Å²) >= 11 is 0. The molecule has 0 N–H and O–H groups in total. The van der Waals surface area contributed by atoms with Crippen molar-refractivity contribution in [1.82, 2.24) is 4.98 Å². The standard InChI is InChI=1S/C11H14N2/c1-8(2)13-9(3)7-10-5-4-6-12-11(10)13/h4-6,8H,3,7H2,1-2H3. The minimum atomic E-state index is 0.448. The first kappa shape index (κ1) is 8.30. The molecule has 0 saturated heterocycles. The Labute approximate surface area is 78.9 Å². The molecule has 1 aliphatic rings. The molecular formula is C11H14N2. The number of aromatic nitrogens is 1. The number of anilines is 1. The quantitative estimate of drug-likeness (QED) is 0.649. The predicted octanol–water partition coefficient (Wildman–Crippen LogP) is 2.37. The summed E-state index contributed by atoms with van der Waals surface area (Å²) < 4.78 is 0. The van der Waals surface area contributed by atoms with E-state index in [1.807, 2.05) is 12.3 Å². The third-order valence-corrected chi connectivity index (χ3v) is 2.35. The second-order valence-corrected chi connectivity index (χ2v) is 3.69. The van der Waals surface area contributed by atoms with Crippen LogP contribution >= 0.6 is 0 Å². The summed E-state index contributed by atoms with van der Waals surface area (Å²) in [5, 5.41) is 0. The first-order valence-corrected chi connectivity index (χ1v) is 4.61. The summed E-state index contributed by atoms with van der Waals surface area (Å²) in [6.07, 6.45) is 2.79. The highest BCUT2D eigenvalue weighted by atomic mass is 15.2. The number of hydrogen-bond donors (Lipinski definition) is 0. The van der Waals surface area contributed by atoms with Crippen LogP contribution in [0.3, 0.4) is 0 Å². The predicted molar refractivity (Wildman–Crippen MR) is 54.7 cm³/mol. The van der Waals surface area contributed by atoms with Gasteiger partial charge in [0, 0.05) is 29.9 Å². The van der Waals surface area contributed by atoms with Crippen LogP contribution in [0.5, 0.6) is 0 Å². The first-order valence-electron chi connectivity index (χ1n) is 4.61. The summed E-state index contributed by atoms with van der Waals surface area (Å²) in [6, 6.07) is 4.55. The summed E-state index contributed by atoms with van der Waals surface area (Å²) in [4.78, 5) is 6.58. The molecule has 0 radical (unpaired) electrons. The van der Waals surface area contributed by atoms with Crippen molar-refractivity contribution in [3.63, 3.8) is 0 Å². The molecule has 0 bridgehead atoms. The Morgan fingerprint density at radius 2 is 2.31 bits per heavy atom. The number of pyridine rings is 1. The minimum Gasteiger partial charge on any atom is -0.328 e. The Balaban J connectivity index is 2.46. The van der Waals surface area contributed by atoms with E-state index in [-0.39, 0.29) is 0 Å². The molecule has 0 amide bonds. The molecule has 0 fully saturated rings. The van der Waals surface area contributed by atoms with Crippen LogP contribution in [0.4, 0.5) is 5.82 Å². The molecule has 2 rings (SSSR count). The van der Waals surface area contributed by atoms with Gasteiger partial charge in [0.15, 0.2) is 0 Å². The summed E-state index contributed by atoms with van der Waals surface area (Å²) in [5.41, 5.74) is 2.45. The maximum atomic E-state index is 4.38. The molecule has 2 heterocycles. The molecule has 0 atom stereocenters. The van der Waals surface area contributed by atoms with Crippen LogP contribution in [0.2, 0.25) is 0 Å². The smallest absolute Gasteiger partial charge is 0.136 e. The lowest BCUT2D eigenvalue weighted by atomic mass is 10.2. The SMILES string of the molecule is C=C1Cc2cccnc2N1C(C)C. The van der Waals surface area contributed by atoms with E-state index in [0.29, 0.717) is 6.04 Å². The number of hydrogen-bond acceptors (Lipinski definition) is 2. The largest absolute Gasteiger partial charge is 0.328 e. The van der Waals surface area contributed by atoms with E-state index in [0.717, 1.165) is 17.9 Å². The van der Waals surface area contributed by atoms with E-state index >= 15 is 0 Å². The number of nitrogens with zero attached hydrogens (tertiary/aromatic N) is 2. The van der Waals surface area contributed by atoms with Crippen molar-refractivity contribution in [1.29, 1.82) is 0 Å². The molecular weight excluding hydrogens is 160 g/mol. The van der Waals surface area contributed by atoms with Gasteiger partial charge in [-0.15, -0.1) is 0 Å². The van der Waals surface area contributed by atoms with E-state index < -0.39 is 0 Å². The van der Waals surface area contributed by atoms with Crippen LogP contribution in [-0.2, 0) is 6.42 Å². The molecule has 1 aromatic heterocycles. The Bertz CT molecular complexity index is 342. The van der Waals surface area contributed by atoms with Gasteiger partial charge in [-0.25, -0.2) is 4.98 Å². The van der Waals surface area contributed by atoms with E-state index in [4.69, 9.17) is 0 Å². The fraction of sp³-hybridized carbons (Fsp3) is 0.364. The highest BCUT2D eigenvalue weighted by Gasteiger charge is 2.25. The molecule has 1 aliphatic heterocycles. The van der Waals surface area contributed by atoms with Gasteiger partial charge in [0.2, 0.25) is 0 Å². The van der Waals surface area contributed by atoms with Crippen LogP contribution in [0.15, 0.2) is 30.6 Å². The lowest BCUT2D eigenvalue weighted by molar-refractivity contribution is 0.755. The molecule has 0 saturated carbocycles. The lowest BCUT2D eigenvalue weighted by Gasteiger charge is -2.23. The average molecular weight is 174 g/mol. The van der Waals surface area contributed by atoms with Gasteiger partial charge in [0.25, 0.3) is 0 Å². The highest BCUT2D eigenvalue weighted by molar-refractivity contribution is 5.60. The minimum absolute atomic E-state index is 0.448. The molecule has 1 aromatic rings. The van der Waals surface area contributed by atoms with Crippen molar-refractivity contribution >= 4 is 5.82 Å². The Hall–Kier alpha value is -1.31. The second kappa shape index (κ2) is 2.87. The highest BCUT2D eigenvalue weighted by Crippen LogP contribution is 2.32. The molecule has 68 valence electrons. The van der Waals surface area contributed by atoms with E-state index in [9.17, 15) is 0 Å². The zero-order valence-corrected chi connectivity index (χ0v) is 8.12. The zero-order valence-electron chi connectivity index (χ0n) is 8.12. The van der Waals surface area contributed by atoms with Gasteiger partial charge in [-0.1, -0.05) is 12.6 Å². The van der Waals surface area contributed by atoms with Crippen LogP contribution in [0.25, 0.3) is 0 Å². The Morgan fingerprint density at radius 3 is 3.00 bits per heavy atom. The Morgan fingerprint density at radius 1 is 1.54 bits per heavy atom. The van der Waals surface area contributed by atoms with Crippen molar-refractivity contribution in [2.24, 2.45) is 0 Å². The maximum Gasteiger partial charge on any atom is 0.136 e. The lowest BCUT2D eigenvalue weighted by Crippen LogP contribution is -2.26. The molecule has 0 spiro atoms. The normalized spacial score (nSPS) is 15.3. The number of rotatable bonds is 1. The van der Waals surface area contributed by atoms with Crippen LogP contribution in [0.1, 0.15) is 19.4 Å². The van der Waals surface area contributed by atoms with Gasteiger partial charge in [-0.2, -0.15) is 0 Å². The molecule has 2 heteroatoms. The fourth-order valence-corrected chi connectivity index (χ4v) is 1.85. The van der Waals surface area contributed by atoms with Crippen molar-refractivity contribution in [3.8, 4) is 0 Å². The number of allylic oxidation sites excluding steroid dienone is 1. The van der Waals surface area contributed by atoms with E-state index in [2.05, 4.69) is 36.4 Å². The molecule has 0 aromatic carbocycles. The van der Waals surface area contributed by atoms with Gasteiger partial charge >= 0.3 is 0 Å².